The number of guanidine groups is 1. The van der Waals surface area contributed by atoms with E-state index in [1.165, 1.54) is 12.1 Å². The lowest BCUT2D eigenvalue weighted by molar-refractivity contribution is 0.476. The molecule has 0 heterocycles. The topological polar surface area (TPSA) is 27.6 Å². The third kappa shape index (κ3) is 4.43. The molecule has 1 aromatic rings. The van der Waals surface area contributed by atoms with Crippen LogP contribution in [0, 0.1) is 5.82 Å². The average Bonchev–Trinajstić information content (AvgIpc) is 2.33. The van der Waals surface area contributed by atoms with Gasteiger partial charge in [-0.2, -0.15) is 0 Å². The van der Waals surface area contributed by atoms with Crippen LogP contribution in [-0.4, -0.2) is 31.5 Å². The lowest BCUT2D eigenvalue weighted by Crippen LogP contribution is -2.38. The van der Waals surface area contributed by atoms with Crippen LogP contribution in [0.4, 0.5) is 4.39 Å². The molecule has 0 saturated carbocycles. The van der Waals surface area contributed by atoms with Gasteiger partial charge in [0.05, 0.1) is 0 Å². The van der Waals surface area contributed by atoms with Crippen molar-refractivity contribution in [1.29, 1.82) is 0 Å². The highest BCUT2D eigenvalue weighted by Gasteiger charge is 2.05. The highest BCUT2D eigenvalue weighted by atomic mass is 19.1. The van der Waals surface area contributed by atoms with Crippen LogP contribution in [0.3, 0.4) is 0 Å². The molecule has 1 aromatic carbocycles. The Bertz CT molecular complexity index is 359. The number of hydrogen-bond acceptors (Lipinski definition) is 1. The van der Waals surface area contributed by atoms with Crippen molar-refractivity contribution in [2.75, 3.05) is 20.6 Å². The zero-order chi connectivity index (χ0) is 12.7. The molecule has 0 radical (unpaired) electrons. The summed E-state index contributed by atoms with van der Waals surface area (Å²) in [6.45, 7) is 3.73. The van der Waals surface area contributed by atoms with E-state index in [0.717, 1.165) is 24.5 Å². The fourth-order valence-corrected chi connectivity index (χ4v) is 1.56. The number of halogens is 1. The minimum atomic E-state index is -0.204. The van der Waals surface area contributed by atoms with E-state index >= 15 is 0 Å². The Morgan fingerprint density at radius 3 is 2.53 bits per heavy atom. The van der Waals surface area contributed by atoms with Crippen LogP contribution in [0.15, 0.2) is 29.3 Å². The Morgan fingerprint density at radius 2 is 2.00 bits per heavy atom. The van der Waals surface area contributed by atoms with Gasteiger partial charge in [0.25, 0.3) is 0 Å². The normalized spacial score (nSPS) is 11.4. The first-order chi connectivity index (χ1) is 8.17. The van der Waals surface area contributed by atoms with Gasteiger partial charge in [-0.1, -0.05) is 19.1 Å². The molecule has 1 rings (SSSR count). The standard InChI is InChI=1S/C13H20FN3/c1-4-9-16-13(15-2)17(3)10-11-5-7-12(14)8-6-11/h5-8H,4,9-10H2,1-3H3,(H,15,16). The molecule has 1 N–H and O–H groups in total. The van der Waals surface area contributed by atoms with E-state index in [9.17, 15) is 4.39 Å². The van der Waals surface area contributed by atoms with E-state index in [0.29, 0.717) is 6.54 Å². The zero-order valence-electron chi connectivity index (χ0n) is 10.7. The van der Waals surface area contributed by atoms with Gasteiger partial charge in [0.15, 0.2) is 5.96 Å². The fraction of sp³-hybridized carbons (Fsp3) is 0.462. The van der Waals surface area contributed by atoms with Gasteiger partial charge in [0.2, 0.25) is 0 Å². The first-order valence-electron chi connectivity index (χ1n) is 5.83. The Morgan fingerprint density at radius 1 is 1.35 bits per heavy atom. The molecular weight excluding hydrogens is 217 g/mol. The summed E-state index contributed by atoms with van der Waals surface area (Å²) in [6.07, 6.45) is 1.06. The number of hydrogen-bond donors (Lipinski definition) is 1. The molecule has 0 aliphatic heterocycles. The number of rotatable bonds is 4. The van der Waals surface area contributed by atoms with E-state index < -0.39 is 0 Å². The summed E-state index contributed by atoms with van der Waals surface area (Å²) in [5.41, 5.74) is 1.06. The molecule has 0 atom stereocenters. The smallest absolute Gasteiger partial charge is 0.193 e. The lowest BCUT2D eigenvalue weighted by atomic mass is 10.2. The largest absolute Gasteiger partial charge is 0.356 e. The van der Waals surface area contributed by atoms with Crippen molar-refractivity contribution in [1.82, 2.24) is 10.2 Å². The SMILES string of the molecule is CCCNC(=NC)N(C)Cc1ccc(F)cc1. The summed E-state index contributed by atoms with van der Waals surface area (Å²) >= 11 is 0. The second kappa shape index (κ2) is 6.89. The Labute approximate surface area is 102 Å². The monoisotopic (exact) mass is 237 g/mol. The van der Waals surface area contributed by atoms with E-state index in [1.807, 2.05) is 11.9 Å². The second-order valence-corrected chi connectivity index (χ2v) is 3.96. The minimum absolute atomic E-state index is 0.204. The quantitative estimate of drug-likeness (QED) is 0.642. The van der Waals surface area contributed by atoms with Gasteiger partial charge in [0.1, 0.15) is 5.82 Å². The van der Waals surface area contributed by atoms with Crippen LogP contribution in [0.2, 0.25) is 0 Å². The maximum atomic E-state index is 12.8. The molecule has 94 valence electrons. The summed E-state index contributed by atoms with van der Waals surface area (Å²) in [5.74, 6) is 0.654. The molecule has 3 nitrogen and oxygen atoms in total. The van der Waals surface area contributed by atoms with E-state index in [2.05, 4.69) is 17.2 Å². The summed E-state index contributed by atoms with van der Waals surface area (Å²) in [5, 5.41) is 3.25. The van der Waals surface area contributed by atoms with Gasteiger partial charge in [-0.25, -0.2) is 4.39 Å². The van der Waals surface area contributed by atoms with Crippen molar-refractivity contribution in [3.8, 4) is 0 Å². The maximum Gasteiger partial charge on any atom is 0.193 e. The van der Waals surface area contributed by atoms with E-state index in [4.69, 9.17) is 0 Å². The third-order valence-corrected chi connectivity index (χ3v) is 2.44. The van der Waals surface area contributed by atoms with Gasteiger partial charge in [0, 0.05) is 27.2 Å². The predicted octanol–water partition coefficient (Wildman–Crippen LogP) is 2.24. The Hall–Kier alpha value is -1.58. The van der Waals surface area contributed by atoms with E-state index in [-0.39, 0.29) is 5.82 Å². The van der Waals surface area contributed by atoms with Crippen molar-refractivity contribution >= 4 is 5.96 Å². The van der Waals surface area contributed by atoms with Crippen LogP contribution in [0.1, 0.15) is 18.9 Å². The predicted molar refractivity (Wildman–Crippen MR) is 69.5 cm³/mol. The average molecular weight is 237 g/mol. The van der Waals surface area contributed by atoms with Crippen molar-refractivity contribution < 1.29 is 4.39 Å². The van der Waals surface area contributed by atoms with Gasteiger partial charge in [-0.15, -0.1) is 0 Å². The minimum Gasteiger partial charge on any atom is -0.356 e. The van der Waals surface area contributed by atoms with Gasteiger partial charge < -0.3 is 10.2 Å². The first kappa shape index (κ1) is 13.5. The molecule has 17 heavy (non-hydrogen) atoms. The fourth-order valence-electron chi connectivity index (χ4n) is 1.56. The zero-order valence-corrected chi connectivity index (χ0v) is 10.7. The molecule has 0 spiro atoms. The van der Waals surface area contributed by atoms with Crippen molar-refractivity contribution in [2.45, 2.75) is 19.9 Å². The molecule has 0 aliphatic rings. The number of benzene rings is 1. The van der Waals surface area contributed by atoms with Crippen LogP contribution in [0.5, 0.6) is 0 Å². The summed E-state index contributed by atoms with van der Waals surface area (Å²) in [4.78, 5) is 6.21. The van der Waals surface area contributed by atoms with Crippen LogP contribution >= 0.6 is 0 Å². The highest BCUT2D eigenvalue weighted by molar-refractivity contribution is 5.79. The number of aliphatic imine (C=N–C) groups is 1. The molecule has 0 fully saturated rings. The van der Waals surface area contributed by atoms with Crippen molar-refractivity contribution in [3.05, 3.63) is 35.6 Å². The molecule has 0 aliphatic carbocycles. The molecule has 0 aromatic heterocycles. The summed E-state index contributed by atoms with van der Waals surface area (Å²) in [7, 11) is 3.73. The van der Waals surface area contributed by atoms with Crippen molar-refractivity contribution in [3.63, 3.8) is 0 Å². The molecule has 0 saturated heterocycles. The third-order valence-electron chi connectivity index (χ3n) is 2.44. The van der Waals surface area contributed by atoms with Crippen LogP contribution in [-0.2, 0) is 6.54 Å². The first-order valence-corrected chi connectivity index (χ1v) is 5.83. The summed E-state index contributed by atoms with van der Waals surface area (Å²) in [6, 6.07) is 6.54. The molecular formula is C13H20FN3. The van der Waals surface area contributed by atoms with Gasteiger partial charge in [-0.05, 0) is 24.1 Å². The summed E-state index contributed by atoms with van der Waals surface area (Å²) < 4.78 is 12.8. The molecule has 0 amide bonds. The molecule has 0 unspecified atom stereocenters. The van der Waals surface area contributed by atoms with Crippen molar-refractivity contribution in [2.24, 2.45) is 4.99 Å². The van der Waals surface area contributed by atoms with Crippen LogP contribution < -0.4 is 5.32 Å². The number of nitrogens with zero attached hydrogens (tertiary/aromatic N) is 2. The van der Waals surface area contributed by atoms with E-state index in [1.54, 1.807) is 19.2 Å². The lowest BCUT2D eigenvalue weighted by Gasteiger charge is -2.21. The number of nitrogens with one attached hydrogen (secondary N) is 1. The van der Waals surface area contributed by atoms with Gasteiger partial charge in [-0.3, -0.25) is 4.99 Å². The highest BCUT2D eigenvalue weighted by Crippen LogP contribution is 2.05. The van der Waals surface area contributed by atoms with Gasteiger partial charge >= 0.3 is 0 Å². The molecule has 0 bridgehead atoms. The molecule has 4 heteroatoms. The van der Waals surface area contributed by atoms with Crippen LogP contribution in [0.25, 0.3) is 0 Å². The maximum absolute atomic E-state index is 12.8. The Balaban J connectivity index is 2.57. The Kier molecular flexibility index (Phi) is 5.46. The second-order valence-electron chi connectivity index (χ2n) is 3.96.